The van der Waals surface area contributed by atoms with Crippen molar-refractivity contribution in [1.82, 2.24) is 5.32 Å². The zero-order chi connectivity index (χ0) is 12.4. The number of amides is 1. The largest absolute Gasteiger partial charge is 0.351 e. The first-order chi connectivity index (χ1) is 7.27. The summed E-state index contributed by atoms with van der Waals surface area (Å²) in [7, 11) is -2.95. The van der Waals surface area contributed by atoms with E-state index in [0.29, 0.717) is 12.8 Å². The van der Waals surface area contributed by atoms with Gasteiger partial charge in [0.15, 0.2) is 9.84 Å². The van der Waals surface area contributed by atoms with Crippen LogP contribution in [0.2, 0.25) is 0 Å². The third-order valence-electron chi connectivity index (χ3n) is 2.86. The van der Waals surface area contributed by atoms with Crippen molar-refractivity contribution in [2.75, 3.05) is 11.5 Å². The molecule has 5 nitrogen and oxygen atoms in total. The average molecular weight is 285 g/mol. The molecule has 0 aromatic heterocycles. The molecule has 0 aromatic carbocycles. The molecule has 1 saturated heterocycles. The highest BCUT2D eigenvalue weighted by molar-refractivity contribution is 7.91. The minimum atomic E-state index is -2.95. The first-order valence-electron chi connectivity index (χ1n) is 5.57. The van der Waals surface area contributed by atoms with Gasteiger partial charge in [-0.2, -0.15) is 0 Å². The predicted octanol–water partition coefficient (Wildman–Crippen LogP) is 0.229. The lowest BCUT2D eigenvalue weighted by molar-refractivity contribution is -0.126. The van der Waals surface area contributed by atoms with Crippen LogP contribution < -0.4 is 11.1 Å². The van der Waals surface area contributed by atoms with Crippen LogP contribution in [0, 0.1) is 0 Å². The lowest BCUT2D eigenvalue weighted by Crippen LogP contribution is -2.54. The Balaban J connectivity index is 0.00000256. The molecule has 0 radical (unpaired) electrons. The smallest absolute Gasteiger partial charge is 0.240 e. The summed E-state index contributed by atoms with van der Waals surface area (Å²) < 4.78 is 22.4. The van der Waals surface area contributed by atoms with E-state index in [-0.39, 0.29) is 35.9 Å². The molecule has 1 aliphatic heterocycles. The molecule has 2 unspecified atom stereocenters. The third kappa shape index (κ3) is 4.81. The van der Waals surface area contributed by atoms with Gasteiger partial charge in [-0.05, 0) is 19.8 Å². The number of halogens is 1. The van der Waals surface area contributed by atoms with Crippen molar-refractivity contribution in [2.45, 2.75) is 44.7 Å². The van der Waals surface area contributed by atoms with E-state index in [1.54, 1.807) is 6.92 Å². The molecule has 1 fully saturated rings. The zero-order valence-electron chi connectivity index (χ0n) is 10.2. The summed E-state index contributed by atoms with van der Waals surface area (Å²) in [4.78, 5) is 11.8. The van der Waals surface area contributed by atoms with Crippen LogP contribution in [-0.4, -0.2) is 37.4 Å². The van der Waals surface area contributed by atoms with Crippen LogP contribution in [0.1, 0.15) is 33.1 Å². The molecule has 0 aliphatic carbocycles. The maximum Gasteiger partial charge on any atom is 0.240 e. The molecule has 1 amide bonds. The van der Waals surface area contributed by atoms with Gasteiger partial charge in [0.2, 0.25) is 5.91 Å². The van der Waals surface area contributed by atoms with Gasteiger partial charge in [0, 0.05) is 6.04 Å². The number of hydrogen-bond acceptors (Lipinski definition) is 4. The molecule has 0 bridgehead atoms. The summed E-state index contributed by atoms with van der Waals surface area (Å²) in [5.74, 6) is -0.0510. The van der Waals surface area contributed by atoms with Gasteiger partial charge in [0.05, 0.1) is 17.0 Å². The van der Waals surface area contributed by atoms with E-state index in [0.717, 1.165) is 6.42 Å². The van der Waals surface area contributed by atoms with Crippen LogP contribution in [0.4, 0.5) is 0 Å². The molecule has 1 heterocycles. The first kappa shape index (κ1) is 16.7. The Labute approximate surface area is 109 Å². The Morgan fingerprint density at radius 1 is 1.53 bits per heavy atom. The van der Waals surface area contributed by atoms with Gasteiger partial charge in [-0.1, -0.05) is 13.3 Å². The van der Waals surface area contributed by atoms with Gasteiger partial charge < -0.3 is 11.1 Å². The number of carbonyl (C=O) groups is 1. The fourth-order valence-corrected chi connectivity index (χ4v) is 3.57. The van der Waals surface area contributed by atoms with E-state index >= 15 is 0 Å². The lowest BCUT2D eigenvalue weighted by atomic mass is 9.96. The fourth-order valence-electron chi connectivity index (χ4n) is 1.89. The van der Waals surface area contributed by atoms with E-state index in [9.17, 15) is 13.2 Å². The molecule has 0 spiro atoms. The summed E-state index contributed by atoms with van der Waals surface area (Å²) in [6.45, 7) is 3.63. The normalized spacial score (nSPS) is 25.7. The molecule has 3 N–H and O–H groups in total. The van der Waals surface area contributed by atoms with Crippen molar-refractivity contribution in [3.8, 4) is 0 Å². The zero-order valence-corrected chi connectivity index (χ0v) is 11.9. The molecule has 0 aromatic rings. The standard InChI is InChI=1S/C10H20N2O3S.ClH/c1-3-5-10(2,11)9(13)12-8-4-6-16(14,15)7-8;/h8H,3-7,11H2,1-2H3,(H,12,13);1H. The highest BCUT2D eigenvalue weighted by Crippen LogP contribution is 2.14. The second-order valence-corrected chi connectivity index (χ2v) is 6.97. The van der Waals surface area contributed by atoms with Gasteiger partial charge in [0.25, 0.3) is 0 Å². The minimum Gasteiger partial charge on any atom is -0.351 e. The number of hydrogen-bond donors (Lipinski definition) is 2. The van der Waals surface area contributed by atoms with Gasteiger partial charge in [-0.25, -0.2) is 8.42 Å². The highest BCUT2D eigenvalue weighted by Gasteiger charge is 2.33. The van der Waals surface area contributed by atoms with E-state index in [4.69, 9.17) is 5.73 Å². The Kier molecular flexibility index (Phi) is 5.90. The fraction of sp³-hybridized carbons (Fsp3) is 0.900. The summed E-state index contributed by atoms with van der Waals surface area (Å²) in [6, 6.07) is -0.266. The number of sulfone groups is 1. The number of nitrogens with one attached hydrogen (secondary N) is 1. The molecule has 102 valence electrons. The van der Waals surface area contributed by atoms with Crippen molar-refractivity contribution in [3.63, 3.8) is 0 Å². The van der Waals surface area contributed by atoms with E-state index in [1.165, 1.54) is 0 Å². The minimum absolute atomic E-state index is 0. The van der Waals surface area contributed by atoms with Crippen LogP contribution in [-0.2, 0) is 14.6 Å². The number of carbonyl (C=O) groups excluding carboxylic acids is 1. The summed E-state index contributed by atoms with van der Waals surface area (Å²) in [5, 5.41) is 2.72. The van der Waals surface area contributed by atoms with Gasteiger partial charge in [-0.15, -0.1) is 12.4 Å². The van der Waals surface area contributed by atoms with E-state index in [1.807, 2.05) is 6.92 Å². The van der Waals surface area contributed by atoms with Crippen molar-refractivity contribution in [2.24, 2.45) is 5.73 Å². The number of nitrogens with two attached hydrogens (primary N) is 1. The Bertz CT molecular complexity index is 368. The van der Waals surface area contributed by atoms with Crippen molar-refractivity contribution in [3.05, 3.63) is 0 Å². The summed E-state index contributed by atoms with van der Waals surface area (Å²) >= 11 is 0. The van der Waals surface area contributed by atoms with Crippen LogP contribution in [0.3, 0.4) is 0 Å². The quantitative estimate of drug-likeness (QED) is 0.773. The highest BCUT2D eigenvalue weighted by atomic mass is 35.5. The molecule has 2 atom stereocenters. The van der Waals surface area contributed by atoms with Crippen LogP contribution >= 0.6 is 12.4 Å². The molecule has 7 heteroatoms. The van der Waals surface area contributed by atoms with Crippen molar-refractivity contribution >= 4 is 28.2 Å². The average Bonchev–Trinajstić information content (AvgIpc) is 2.45. The van der Waals surface area contributed by atoms with Gasteiger partial charge in [0.1, 0.15) is 0 Å². The molecule has 1 aliphatic rings. The SMILES string of the molecule is CCCC(C)(N)C(=O)NC1CCS(=O)(=O)C1.Cl. The topological polar surface area (TPSA) is 89.3 Å². The van der Waals surface area contributed by atoms with E-state index in [2.05, 4.69) is 5.32 Å². The van der Waals surface area contributed by atoms with Crippen LogP contribution in [0.25, 0.3) is 0 Å². The maximum absolute atomic E-state index is 11.8. The lowest BCUT2D eigenvalue weighted by Gasteiger charge is -2.24. The Morgan fingerprint density at radius 2 is 2.12 bits per heavy atom. The van der Waals surface area contributed by atoms with Crippen molar-refractivity contribution < 1.29 is 13.2 Å². The Morgan fingerprint density at radius 3 is 2.53 bits per heavy atom. The maximum atomic E-state index is 11.8. The molecular weight excluding hydrogens is 264 g/mol. The van der Waals surface area contributed by atoms with Crippen LogP contribution in [0.15, 0.2) is 0 Å². The second-order valence-electron chi connectivity index (χ2n) is 4.74. The molecule has 17 heavy (non-hydrogen) atoms. The number of rotatable bonds is 4. The van der Waals surface area contributed by atoms with Gasteiger partial charge in [-0.3, -0.25) is 4.79 Å². The third-order valence-corrected chi connectivity index (χ3v) is 4.62. The van der Waals surface area contributed by atoms with E-state index < -0.39 is 15.4 Å². The molecule has 0 saturated carbocycles. The first-order valence-corrected chi connectivity index (χ1v) is 7.39. The summed E-state index contributed by atoms with van der Waals surface area (Å²) in [6.07, 6.45) is 1.91. The van der Waals surface area contributed by atoms with Gasteiger partial charge >= 0.3 is 0 Å². The molecule has 1 rings (SSSR count). The summed E-state index contributed by atoms with van der Waals surface area (Å²) in [5.41, 5.74) is 4.95. The van der Waals surface area contributed by atoms with Crippen LogP contribution in [0.5, 0.6) is 0 Å². The second kappa shape index (κ2) is 6.02. The predicted molar refractivity (Wildman–Crippen MR) is 69.9 cm³/mol. The monoisotopic (exact) mass is 284 g/mol. The molecular formula is C10H21ClN2O3S. The Hall–Kier alpha value is -0.330. The van der Waals surface area contributed by atoms with Crippen molar-refractivity contribution in [1.29, 1.82) is 0 Å².